The van der Waals surface area contributed by atoms with Crippen LogP contribution in [0.15, 0.2) is 36.5 Å². The van der Waals surface area contributed by atoms with Crippen molar-refractivity contribution in [3.8, 4) is 0 Å². The Bertz CT molecular complexity index is 677. The van der Waals surface area contributed by atoms with Gasteiger partial charge in [-0.1, -0.05) is 41.7 Å². The van der Waals surface area contributed by atoms with E-state index in [1.165, 1.54) is 16.9 Å². The lowest BCUT2D eigenvalue weighted by Gasteiger charge is -2.16. The number of carbonyl (C=O) groups excluding carboxylic acids is 1. The largest absolute Gasteiger partial charge is 0.391 e. The lowest BCUT2D eigenvalue weighted by molar-refractivity contribution is 0.143. The molecule has 1 fully saturated rings. The summed E-state index contributed by atoms with van der Waals surface area (Å²) in [5.74, 6) is 0.0542. The maximum atomic E-state index is 12.4. The highest BCUT2D eigenvalue weighted by atomic mass is 32.1. The van der Waals surface area contributed by atoms with E-state index in [1.807, 2.05) is 30.3 Å². The molecule has 7 heteroatoms. The topological polar surface area (TPSA) is 74.7 Å². The summed E-state index contributed by atoms with van der Waals surface area (Å²) in [5.41, 5.74) is 1.17. The number of nitrogens with one attached hydrogen (secondary N) is 1. The predicted octanol–water partition coefficient (Wildman–Crippen LogP) is 2.36. The minimum Gasteiger partial charge on any atom is -0.391 e. The molecule has 6 nitrogen and oxygen atoms in total. The highest BCUT2D eigenvalue weighted by molar-refractivity contribution is 7.15. The van der Waals surface area contributed by atoms with Crippen molar-refractivity contribution in [1.29, 1.82) is 0 Å². The third-order valence-electron chi connectivity index (χ3n) is 4.09. The van der Waals surface area contributed by atoms with Crippen LogP contribution in [-0.4, -0.2) is 47.3 Å². The van der Waals surface area contributed by atoms with Gasteiger partial charge >= 0.3 is 6.03 Å². The number of hydrogen-bond acceptors (Lipinski definition) is 5. The number of ether oxygens (including phenoxy) is 1. The number of urea groups is 1. The maximum absolute atomic E-state index is 12.4. The van der Waals surface area contributed by atoms with E-state index >= 15 is 0 Å². The zero-order valence-corrected chi connectivity index (χ0v) is 14.3. The fourth-order valence-electron chi connectivity index (χ4n) is 2.88. The Morgan fingerprint density at radius 3 is 2.96 bits per heavy atom. The lowest BCUT2D eigenvalue weighted by atomic mass is 9.97. The van der Waals surface area contributed by atoms with Crippen molar-refractivity contribution in [1.82, 2.24) is 9.88 Å². The first-order chi connectivity index (χ1) is 11.7. The molecular weight excluding hydrogens is 326 g/mol. The number of aromatic nitrogens is 1. The first-order valence-corrected chi connectivity index (χ1v) is 8.69. The fraction of sp³-hybridized carbons (Fsp3) is 0.412. The fourth-order valence-corrected chi connectivity index (χ4v) is 3.66. The number of anilines is 1. The minimum atomic E-state index is -0.503. The molecule has 1 saturated heterocycles. The Balaban J connectivity index is 1.56. The molecule has 128 valence electrons. The number of likely N-dealkylation sites (tertiary alicyclic amines) is 1. The molecule has 1 aromatic carbocycles. The Morgan fingerprint density at radius 1 is 1.42 bits per heavy atom. The molecule has 3 rings (SSSR count). The zero-order chi connectivity index (χ0) is 16.9. The summed E-state index contributed by atoms with van der Waals surface area (Å²) in [6, 6.07) is 9.82. The van der Waals surface area contributed by atoms with E-state index in [9.17, 15) is 9.90 Å². The number of nitrogens with zero attached hydrogens (tertiary/aromatic N) is 2. The van der Waals surface area contributed by atoms with Crippen molar-refractivity contribution in [2.24, 2.45) is 5.92 Å². The van der Waals surface area contributed by atoms with Crippen molar-refractivity contribution in [3.05, 3.63) is 47.0 Å². The van der Waals surface area contributed by atoms with Crippen LogP contribution in [0, 0.1) is 5.92 Å². The number of carbonyl (C=O) groups is 1. The summed E-state index contributed by atoms with van der Waals surface area (Å²) in [5, 5.41) is 13.6. The van der Waals surface area contributed by atoms with Crippen LogP contribution in [0.5, 0.6) is 0 Å². The van der Waals surface area contributed by atoms with Crippen LogP contribution in [-0.2, 0) is 17.8 Å². The summed E-state index contributed by atoms with van der Waals surface area (Å²) < 4.78 is 5.04. The van der Waals surface area contributed by atoms with E-state index in [2.05, 4.69) is 10.3 Å². The minimum absolute atomic E-state index is 0.0542. The van der Waals surface area contributed by atoms with Crippen LogP contribution in [0.25, 0.3) is 0 Å². The van der Waals surface area contributed by atoms with Crippen molar-refractivity contribution >= 4 is 22.5 Å². The van der Waals surface area contributed by atoms with Gasteiger partial charge in [-0.25, -0.2) is 9.78 Å². The molecule has 0 saturated carbocycles. The predicted molar refractivity (Wildman–Crippen MR) is 93.1 cm³/mol. The van der Waals surface area contributed by atoms with Gasteiger partial charge in [-0.05, 0) is 12.0 Å². The molecule has 2 heterocycles. The number of methoxy groups -OCH3 is 1. The number of benzene rings is 1. The Labute approximate surface area is 145 Å². The second kappa shape index (κ2) is 7.74. The van der Waals surface area contributed by atoms with Gasteiger partial charge in [0.05, 0.1) is 17.6 Å². The standard InChI is InChI=1S/C17H21N3O3S/c1-23-11-14-8-18-16(24-14)19-17(22)20-9-13(15(21)10-20)7-12-5-3-2-4-6-12/h2-6,8,13,15,21H,7,9-11H2,1H3,(H,18,19,22)/t13-,15-/m1/s1. The molecule has 0 aliphatic carbocycles. The molecule has 2 amide bonds. The van der Waals surface area contributed by atoms with E-state index < -0.39 is 6.10 Å². The van der Waals surface area contributed by atoms with E-state index in [4.69, 9.17) is 4.74 Å². The number of rotatable bonds is 5. The van der Waals surface area contributed by atoms with Gasteiger partial charge in [-0.15, -0.1) is 0 Å². The molecule has 0 radical (unpaired) electrons. The molecular formula is C17H21N3O3S. The van der Waals surface area contributed by atoms with Gasteiger partial charge in [-0.2, -0.15) is 0 Å². The van der Waals surface area contributed by atoms with E-state index in [0.717, 1.165) is 11.3 Å². The summed E-state index contributed by atoms with van der Waals surface area (Å²) in [6.07, 6.45) is 1.96. The zero-order valence-electron chi connectivity index (χ0n) is 13.5. The molecule has 2 N–H and O–H groups in total. The quantitative estimate of drug-likeness (QED) is 0.871. The summed E-state index contributed by atoms with van der Waals surface area (Å²) in [4.78, 5) is 19.1. The van der Waals surface area contributed by atoms with Gasteiger partial charge in [0.25, 0.3) is 0 Å². The van der Waals surface area contributed by atoms with Gasteiger partial charge in [0.1, 0.15) is 0 Å². The normalized spacial score (nSPS) is 20.3. The summed E-state index contributed by atoms with van der Waals surface area (Å²) >= 11 is 1.39. The third kappa shape index (κ3) is 4.11. The maximum Gasteiger partial charge on any atom is 0.323 e. The number of aliphatic hydroxyl groups excluding tert-OH is 1. The van der Waals surface area contributed by atoms with Crippen LogP contribution in [0.1, 0.15) is 10.4 Å². The second-order valence-corrected chi connectivity index (χ2v) is 7.03. The smallest absolute Gasteiger partial charge is 0.323 e. The van der Waals surface area contributed by atoms with Gasteiger partial charge in [0.15, 0.2) is 5.13 Å². The Hall–Kier alpha value is -1.96. The van der Waals surface area contributed by atoms with E-state index in [1.54, 1.807) is 18.2 Å². The Morgan fingerprint density at radius 2 is 2.21 bits per heavy atom. The molecule has 1 aromatic heterocycles. The number of aliphatic hydroxyl groups is 1. The Kier molecular flexibility index (Phi) is 5.44. The first kappa shape index (κ1) is 16.9. The van der Waals surface area contributed by atoms with Gasteiger partial charge < -0.3 is 14.7 Å². The SMILES string of the molecule is COCc1cnc(NC(=O)N2C[C@@H](Cc3ccccc3)[C@H](O)C2)s1. The van der Waals surface area contributed by atoms with Crippen LogP contribution in [0.3, 0.4) is 0 Å². The van der Waals surface area contributed by atoms with Crippen molar-refractivity contribution in [2.75, 3.05) is 25.5 Å². The molecule has 2 aromatic rings. The first-order valence-electron chi connectivity index (χ1n) is 7.87. The number of hydrogen-bond donors (Lipinski definition) is 2. The molecule has 2 atom stereocenters. The average molecular weight is 347 g/mol. The molecule has 0 bridgehead atoms. The van der Waals surface area contributed by atoms with Gasteiger partial charge in [0.2, 0.25) is 0 Å². The van der Waals surface area contributed by atoms with Crippen molar-refractivity contribution in [3.63, 3.8) is 0 Å². The number of thiazole rings is 1. The molecule has 0 spiro atoms. The van der Waals surface area contributed by atoms with Gasteiger partial charge in [-0.3, -0.25) is 5.32 Å². The van der Waals surface area contributed by atoms with E-state index in [-0.39, 0.29) is 11.9 Å². The monoisotopic (exact) mass is 347 g/mol. The number of β-amino-alcohol motifs (C(OH)–C–C–N with tert-alkyl or cyclic N) is 1. The van der Waals surface area contributed by atoms with Crippen LogP contribution >= 0.6 is 11.3 Å². The van der Waals surface area contributed by atoms with Crippen molar-refractivity contribution < 1.29 is 14.6 Å². The molecule has 1 aliphatic rings. The summed E-state index contributed by atoms with van der Waals surface area (Å²) in [7, 11) is 1.62. The second-order valence-electron chi connectivity index (χ2n) is 5.92. The lowest BCUT2D eigenvalue weighted by Crippen LogP contribution is -2.33. The van der Waals surface area contributed by atoms with Gasteiger partial charge in [0, 0.05) is 32.3 Å². The van der Waals surface area contributed by atoms with Crippen molar-refractivity contribution in [2.45, 2.75) is 19.1 Å². The summed E-state index contributed by atoms with van der Waals surface area (Å²) in [6.45, 7) is 1.37. The molecule has 1 aliphatic heterocycles. The third-order valence-corrected chi connectivity index (χ3v) is 4.97. The van der Waals surface area contributed by atoms with E-state index in [0.29, 0.717) is 24.8 Å². The van der Waals surface area contributed by atoms with Crippen LogP contribution in [0.4, 0.5) is 9.93 Å². The van der Waals surface area contributed by atoms with Crippen LogP contribution in [0.2, 0.25) is 0 Å². The highest BCUT2D eigenvalue weighted by Crippen LogP contribution is 2.24. The molecule has 0 unspecified atom stereocenters. The average Bonchev–Trinajstić information content (AvgIpc) is 3.16. The highest BCUT2D eigenvalue weighted by Gasteiger charge is 2.34. The van der Waals surface area contributed by atoms with Crippen LogP contribution < -0.4 is 5.32 Å². The molecule has 24 heavy (non-hydrogen) atoms. The number of amides is 2.